The van der Waals surface area contributed by atoms with Gasteiger partial charge in [0.25, 0.3) is 0 Å². The molecule has 1 unspecified atom stereocenters. The molecule has 0 fully saturated rings. The molecule has 0 bridgehead atoms. The highest BCUT2D eigenvalue weighted by Crippen LogP contribution is 2.57. The van der Waals surface area contributed by atoms with Crippen molar-refractivity contribution in [1.82, 2.24) is 0 Å². The van der Waals surface area contributed by atoms with Crippen molar-refractivity contribution < 1.29 is 0 Å². The normalized spacial score (nSPS) is 14.5. The van der Waals surface area contributed by atoms with Crippen LogP contribution >= 0.6 is 0 Å². The molecule has 1 atom stereocenters. The van der Waals surface area contributed by atoms with E-state index in [1.54, 1.807) is 0 Å². The lowest BCUT2D eigenvalue weighted by atomic mass is 9.67. The smallest absolute Gasteiger partial charge is 0.179 e. The molecule has 306 valence electrons. The van der Waals surface area contributed by atoms with E-state index in [4.69, 9.17) is 0 Å². The number of hydrogen-bond acceptors (Lipinski definition) is 1. The van der Waals surface area contributed by atoms with Crippen LogP contribution in [0.1, 0.15) is 23.6 Å². The van der Waals surface area contributed by atoms with Gasteiger partial charge >= 0.3 is 0 Å². The van der Waals surface area contributed by atoms with Gasteiger partial charge in [0.05, 0.1) is 5.41 Å². The lowest BCUT2D eigenvalue weighted by molar-refractivity contribution is 0.767. The van der Waals surface area contributed by atoms with Crippen molar-refractivity contribution in [2.45, 2.75) is 12.3 Å². The predicted molar refractivity (Wildman–Crippen MR) is 275 cm³/mol. The lowest BCUT2D eigenvalue weighted by Gasteiger charge is -2.35. The van der Waals surface area contributed by atoms with Crippen LogP contribution in [-0.4, -0.2) is 8.07 Å². The van der Waals surface area contributed by atoms with Crippen LogP contribution in [0.15, 0.2) is 279 Å². The first-order chi connectivity index (χ1) is 31.7. The maximum absolute atomic E-state index is 4.18. The van der Waals surface area contributed by atoms with E-state index in [2.05, 4.69) is 279 Å². The standard InChI is InChI=1S/C62H49NSi/c1-3-22-49(23-4-2)62(50-24-10-5-11-25-50)60-35-21-20-34-58(60)59-45-42-53(46-61(59)62)63(51-26-12-6-13-27-51)52-40-36-47(37-41-52)48-38-43-57(44-39-48)64(54-28-14-7-15-29-54,55-30-16-8-17-31-55)56-32-18-9-19-33-56/h3-46H,1H2,2H3/b23-4-,49-22+. The van der Waals surface area contributed by atoms with Crippen LogP contribution in [0.5, 0.6) is 0 Å². The Balaban J connectivity index is 1.08. The molecule has 0 saturated heterocycles. The third-order valence-corrected chi connectivity index (χ3v) is 17.8. The van der Waals surface area contributed by atoms with Crippen molar-refractivity contribution in [2.24, 2.45) is 0 Å². The quantitative estimate of drug-likeness (QED) is 0.0673. The van der Waals surface area contributed by atoms with Crippen LogP contribution in [0.25, 0.3) is 22.3 Å². The molecule has 0 amide bonds. The Morgan fingerprint density at radius 2 is 0.875 bits per heavy atom. The van der Waals surface area contributed by atoms with Gasteiger partial charge in [-0.2, -0.15) is 0 Å². The number of allylic oxidation sites excluding steroid dienone is 5. The summed E-state index contributed by atoms with van der Waals surface area (Å²) in [6.07, 6.45) is 8.49. The van der Waals surface area contributed by atoms with Crippen molar-refractivity contribution >= 4 is 45.9 Å². The molecule has 0 aliphatic heterocycles. The summed E-state index contributed by atoms with van der Waals surface area (Å²) in [7, 11) is -2.62. The zero-order valence-corrected chi connectivity index (χ0v) is 37.1. The van der Waals surface area contributed by atoms with Crippen molar-refractivity contribution in [1.29, 1.82) is 0 Å². The molecule has 9 aromatic rings. The zero-order chi connectivity index (χ0) is 43.4. The van der Waals surface area contributed by atoms with Gasteiger partial charge in [-0.15, -0.1) is 0 Å². The number of fused-ring (bicyclic) bond motifs is 3. The number of benzene rings is 9. The topological polar surface area (TPSA) is 3.24 Å². The van der Waals surface area contributed by atoms with E-state index >= 15 is 0 Å². The molecule has 0 N–H and O–H groups in total. The Hall–Kier alpha value is -7.78. The Bertz CT molecular complexity index is 2990. The van der Waals surface area contributed by atoms with Gasteiger partial charge in [-0.25, -0.2) is 0 Å². The molecule has 0 spiro atoms. The van der Waals surface area contributed by atoms with Crippen molar-refractivity contribution in [3.05, 3.63) is 296 Å². The molecule has 0 saturated carbocycles. The van der Waals surface area contributed by atoms with Gasteiger partial charge in [0.2, 0.25) is 0 Å². The highest BCUT2D eigenvalue weighted by atomic mass is 28.3. The fraction of sp³-hybridized carbons (Fsp3) is 0.0323. The highest BCUT2D eigenvalue weighted by molar-refractivity contribution is 7.19. The maximum Gasteiger partial charge on any atom is 0.179 e. The van der Waals surface area contributed by atoms with E-state index in [9.17, 15) is 0 Å². The number of nitrogens with zero attached hydrogens (tertiary/aromatic N) is 1. The Labute approximate surface area is 379 Å². The molecular weight excluding hydrogens is 787 g/mol. The monoisotopic (exact) mass is 835 g/mol. The summed E-state index contributed by atoms with van der Waals surface area (Å²) in [5.74, 6) is 0. The first-order valence-electron chi connectivity index (χ1n) is 22.2. The molecule has 10 rings (SSSR count). The number of hydrogen-bond donors (Lipinski definition) is 0. The second-order valence-electron chi connectivity index (χ2n) is 16.4. The average molecular weight is 836 g/mol. The molecule has 0 heterocycles. The molecule has 1 nitrogen and oxygen atoms in total. The van der Waals surface area contributed by atoms with Crippen LogP contribution in [0, 0.1) is 0 Å². The summed E-state index contributed by atoms with van der Waals surface area (Å²) in [4.78, 5) is 2.39. The predicted octanol–water partition coefficient (Wildman–Crippen LogP) is 13.2. The summed E-state index contributed by atoms with van der Waals surface area (Å²) in [5.41, 5.74) is 12.5. The number of rotatable bonds is 12. The van der Waals surface area contributed by atoms with Crippen LogP contribution < -0.4 is 25.6 Å². The maximum atomic E-state index is 4.18. The van der Waals surface area contributed by atoms with Crippen LogP contribution in [-0.2, 0) is 5.41 Å². The number of anilines is 3. The molecule has 0 aromatic heterocycles. The summed E-state index contributed by atoms with van der Waals surface area (Å²) >= 11 is 0. The van der Waals surface area contributed by atoms with Crippen molar-refractivity contribution in [3.8, 4) is 22.3 Å². The summed E-state index contributed by atoms with van der Waals surface area (Å²) in [6, 6.07) is 89.4. The molecule has 9 aromatic carbocycles. The van der Waals surface area contributed by atoms with Gasteiger partial charge in [0.15, 0.2) is 8.07 Å². The highest BCUT2D eigenvalue weighted by Gasteiger charge is 2.47. The van der Waals surface area contributed by atoms with E-state index in [1.165, 1.54) is 65.3 Å². The van der Waals surface area contributed by atoms with E-state index in [1.807, 2.05) is 6.08 Å². The minimum Gasteiger partial charge on any atom is -0.310 e. The van der Waals surface area contributed by atoms with E-state index in [0.29, 0.717) is 0 Å². The lowest BCUT2D eigenvalue weighted by Crippen LogP contribution is -2.74. The van der Waals surface area contributed by atoms with Gasteiger partial charge < -0.3 is 4.90 Å². The fourth-order valence-electron chi connectivity index (χ4n) is 10.3. The van der Waals surface area contributed by atoms with Gasteiger partial charge in [0, 0.05) is 17.1 Å². The Morgan fingerprint density at radius 1 is 0.438 bits per heavy atom. The van der Waals surface area contributed by atoms with Crippen molar-refractivity contribution in [2.75, 3.05) is 4.90 Å². The van der Waals surface area contributed by atoms with Gasteiger partial charge in [-0.05, 0) is 109 Å². The first kappa shape index (κ1) is 40.3. The van der Waals surface area contributed by atoms with Gasteiger partial charge in [-0.1, -0.05) is 237 Å². The molecule has 1 aliphatic rings. The first-order valence-corrected chi connectivity index (χ1v) is 24.2. The van der Waals surface area contributed by atoms with E-state index in [-0.39, 0.29) is 0 Å². The van der Waals surface area contributed by atoms with Crippen LogP contribution in [0.3, 0.4) is 0 Å². The summed E-state index contributed by atoms with van der Waals surface area (Å²) < 4.78 is 0. The molecular formula is C62H49NSi. The summed E-state index contributed by atoms with van der Waals surface area (Å²) in [5, 5.41) is 5.47. The third kappa shape index (κ3) is 6.80. The third-order valence-electron chi connectivity index (χ3n) is 13.0. The van der Waals surface area contributed by atoms with E-state index < -0.39 is 13.5 Å². The average Bonchev–Trinajstić information content (AvgIpc) is 3.66. The SMILES string of the molecule is C=C/C=C(\C=C/C)C1(c2ccccc2)c2ccccc2-c2ccc(N(c3ccccc3)c3ccc(-c4ccc([Si](c5ccccc5)(c5ccccc5)c5ccccc5)cc4)cc3)cc21. The van der Waals surface area contributed by atoms with Crippen LogP contribution in [0.2, 0.25) is 0 Å². The zero-order valence-electron chi connectivity index (χ0n) is 36.1. The Kier molecular flexibility index (Phi) is 11.0. The molecule has 1 aliphatic carbocycles. The van der Waals surface area contributed by atoms with Gasteiger partial charge in [-0.3, -0.25) is 0 Å². The second kappa shape index (κ2) is 17.5. The largest absolute Gasteiger partial charge is 0.310 e. The summed E-state index contributed by atoms with van der Waals surface area (Å²) in [6.45, 7) is 6.28. The fourth-order valence-corrected chi connectivity index (χ4v) is 15.0. The van der Waals surface area contributed by atoms with Gasteiger partial charge in [0.1, 0.15) is 0 Å². The second-order valence-corrected chi connectivity index (χ2v) is 20.2. The molecule has 64 heavy (non-hydrogen) atoms. The minimum absolute atomic E-state index is 0.551. The van der Waals surface area contributed by atoms with Crippen LogP contribution in [0.4, 0.5) is 17.1 Å². The number of para-hydroxylation sites is 1. The van der Waals surface area contributed by atoms with Crippen molar-refractivity contribution in [3.63, 3.8) is 0 Å². The molecule has 0 radical (unpaired) electrons. The molecule has 2 heteroatoms. The van der Waals surface area contributed by atoms with E-state index in [0.717, 1.165) is 17.1 Å². The minimum atomic E-state index is -2.62. The Morgan fingerprint density at radius 3 is 1.42 bits per heavy atom.